The van der Waals surface area contributed by atoms with Crippen LogP contribution in [0.4, 0.5) is 4.39 Å². The van der Waals surface area contributed by atoms with Crippen molar-refractivity contribution >= 4 is 5.91 Å². The molecule has 0 saturated carbocycles. The Balaban J connectivity index is 2.13. The van der Waals surface area contributed by atoms with Crippen LogP contribution in [0.5, 0.6) is 0 Å². The van der Waals surface area contributed by atoms with E-state index in [0.29, 0.717) is 30.1 Å². The highest BCUT2D eigenvalue weighted by Crippen LogP contribution is 2.19. The van der Waals surface area contributed by atoms with Crippen LogP contribution in [-0.2, 0) is 11.3 Å². The lowest BCUT2D eigenvalue weighted by Crippen LogP contribution is -2.30. The number of carbonyl (C=O) groups excluding carboxylic acids is 1. The Morgan fingerprint density at radius 2 is 2.37 bits per heavy atom. The van der Waals surface area contributed by atoms with E-state index >= 15 is 0 Å². The number of halogens is 1. The second kappa shape index (κ2) is 6.12. The second-order valence-corrected chi connectivity index (χ2v) is 4.88. The molecule has 1 atom stereocenters. The predicted octanol–water partition coefficient (Wildman–Crippen LogP) is 1.39. The van der Waals surface area contributed by atoms with Gasteiger partial charge in [0.2, 0.25) is 0 Å². The van der Waals surface area contributed by atoms with E-state index in [1.165, 1.54) is 19.2 Å². The van der Waals surface area contributed by atoms with Crippen LogP contribution < -0.4 is 5.73 Å². The largest absolute Gasteiger partial charge is 0.380 e. The van der Waals surface area contributed by atoms with Crippen molar-refractivity contribution in [1.29, 1.82) is 0 Å². The van der Waals surface area contributed by atoms with Crippen molar-refractivity contribution in [2.24, 2.45) is 11.7 Å². The molecule has 1 aliphatic heterocycles. The first-order valence-electron chi connectivity index (χ1n) is 6.42. The van der Waals surface area contributed by atoms with Gasteiger partial charge in [0, 0.05) is 31.3 Å². The van der Waals surface area contributed by atoms with Crippen LogP contribution in [0.2, 0.25) is 0 Å². The molecule has 104 valence electrons. The van der Waals surface area contributed by atoms with Gasteiger partial charge in [0.05, 0.1) is 6.61 Å². The average Bonchev–Trinajstić information content (AvgIpc) is 2.89. The Labute approximate surface area is 112 Å². The standard InChI is InChI=1S/C14H19FN2O2/c1-19-9-12-6-11(2-3-13(12)15)14(18)17-5-4-10(7-16)8-17/h2-3,6,10H,4-5,7-9,16H2,1H3/t10-/m1/s1. The van der Waals surface area contributed by atoms with E-state index in [1.807, 2.05) is 0 Å². The van der Waals surface area contributed by atoms with Gasteiger partial charge in [-0.05, 0) is 37.1 Å². The van der Waals surface area contributed by atoms with E-state index in [9.17, 15) is 9.18 Å². The lowest BCUT2D eigenvalue weighted by Gasteiger charge is -2.17. The predicted molar refractivity (Wildman–Crippen MR) is 70.2 cm³/mol. The van der Waals surface area contributed by atoms with Crippen molar-refractivity contribution in [1.82, 2.24) is 4.90 Å². The maximum absolute atomic E-state index is 13.5. The zero-order chi connectivity index (χ0) is 13.8. The summed E-state index contributed by atoms with van der Waals surface area (Å²) >= 11 is 0. The van der Waals surface area contributed by atoms with Crippen molar-refractivity contribution in [2.75, 3.05) is 26.7 Å². The summed E-state index contributed by atoms with van der Waals surface area (Å²) in [5, 5.41) is 0. The number of nitrogens with zero attached hydrogens (tertiary/aromatic N) is 1. The van der Waals surface area contributed by atoms with E-state index < -0.39 is 0 Å². The molecule has 2 N–H and O–H groups in total. The Kier molecular flexibility index (Phi) is 4.50. The number of nitrogens with two attached hydrogens (primary N) is 1. The highest BCUT2D eigenvalue weighted by Gasteiger charge is 2.26. The van der Waals surface area contributed by atoms with Gasteiger partial charge in [-0.2, -0.15) is 0 Å². The fraction of sp³-hybridized carbons (Fsp3) is 0.500. The number of methoxy groups -OCH3 is 1. The maximum atomic E-state index is 13.5. The number of hydrogen-bond acceptors (Lipinski definition) is 3. The molecule has 0 aliphatic carbocycles. The molecule has 1 aromatic rings. The Morgan fingerprint density at radius 1 is 1.58 bits per heavy atom. The summed E-state index contributed by atoms with van der Waals surface area (Å²) in [7, 11) is 1.50. The summed E-state index contributed by atoms with van der Waals surface area (Å²) in [6.45, 7) is 2.17. The smallest absolute Gasteiger partial charge is 0.253 e. The van der Waals surface area contributed by atoms with Crippen molar-refractivity contribution in [3.8, 4) is 0 Å². The summed E-state index contributed by atoms with van der Waals surface area (Å²) in [5.41, 5.74) is 6.53. The first-order chi connectivity index (χ1) is 9.15. The lowest BCUT2D eigenvalue weighted by molar-refractivity contribution is 0.0787. The molecular formula is C14H19FN2O2. The van der Waals surface area contributed by atoms with E-state index in [1.54, 1.807) is 11.0 Å². The molecule has 19 heavy (non-hydrogen) atoms. The summed E-state index contributed by atoms with van der Waals surface area (Å²) in [6, 6.07) is 4.40. The highest BCUT2D eigenvalue weighted by atomic mass is 19.1. The number of rotatable bonds is 4. The molecule has 1 fully saturated rings. The Bertz CT molecular complexity index is 465. The molecule has 2 rings (SSSR count). The highest BCUT2D eigenvalue weighted by molar-refractivity contribution is 5.94. The molecule has 4 nitrogen and oxygen atoms in total. The first-order valence-corrected chi connectivity index (χ1v) is 6.42. The van der Waals surface area contributed by atoms with Crippen LogP contribution in [-0.4, -0.2) is 37.6 Å². The number of amides is 1. The van der Waals surface area contributed by atoms with Crippen molar-refractivity contribution in [3.05, 3.63) is 35.1 Å². The van der Waals surface area contributed by atoms with Gasteiger partial charge in [-0.15, -0.1) is 0 Å². The summed E-state index contributed by atoms with van der Waals surface area (Å²) in [6.07, 6.45) is 0.939. The van der Waals surface area contributed by atoms with Gasteiger partial charge in [-0.25, -0.2) is 4.39 Å². The van der Waals surface area contributed by atoms with E-state index in [0.717, 1.165) is 13.0 Å². The van der Waals surface area contributed by atoms with Crippen LogP contribution in [0.1, 0.15) is 22.3 Å². The topological polar surface area (TPSA) is 55.6 Å². The van der Waals surface area contributed by atoms with Gasteiger partial charge in [0.25, 0.3) is 5.91 Å². The minimum Gasteiger partial charge on any atom is -0.380 e. The molecule has 1 heterocycles. The van der Waals surface area contributed by atoms with Gasteiger partial charge in [0.1, 0.15) is 5.82 Å². The molecule has 0 radical (unpaired) electrons. The Hall–Kier alpha value is -1.46. The molecule has 1 aromatic carbocycles. The maximum Gasteiger partial charge on any atom is 0.253 e. The van der Waals surface area contributed by atoms with Gasteiger partial charge in [-0.1, -0.05) is 0 Å². The minimum atomic E-state index is -0.348. The van der Waals surface area contributed by atoms with Gasteiger partial charge in [0.15, 0.2) is 0 Å². The number of likely N-dealkylation sites (tertiary alicyclic amines) is 1. The van der Waals surface area contributed by atoms with Crippen molar-refractivity contribution < 1.29 is 13.9 Å². The lowest BCUT2D eigenvalue weighted by atomic mass is 10.1. The minimum absolute atomic E-state index is 0.0618. The van der Waals surface area contributed by atoms with E-state index in [-0.39, 0.29) is 18.3 Å². The van der Waals surface area contributed by atoms with Crippen LogP contribution in [0.25, 0.3) is 0 Å². The summed E-state index contributed by atoms with van der Waals surface area (Å²) < 4.78 is 18.4. The SMILES string of the molecule is COCc1cc(C(=O)N2CC[C@H](CN)C2)ccc1F. The quantitative estimate of drug-likeness (QED) is 0.896. The van der Waals surface area contributed by atoms with Crippen LogP contribution >= 0.6 is 0 Å². The molecule has 0 unspecified atom stereocenters. The number of benzene rings is 1. The number of carbonyl (C=O) groups is 1. The molecule has 0 aromatic heterocycles. The second-order valence-electron chi connectivity index (χ2n) is 4.88. The average molecular weight is 266 g/mol. The fourth-order valence-electron chi connectivity index (χ4n) is 2.37. The summed E-state index contributed by atoms with van der Waals surface area (Å²) in [5.74, 6) is -0.0317. The van der Waals surface area contributed by atoms with Crippen LogP contribution in [0.3, 0.4) is 0 Å². The molecule has 5 heteroatoms. The van der Waals surface area contributed by atoms with Crippen molar-refractivity contribution in [2.45, 2.75) is 13.0 Å². The van der Waals surface area contributed by atoms with Gasteiger partial charge >= 0.3 is 0 Å². The zero-order valence-electron chi connectivity index (χ0n) is 11.1. The van der Waals surface area contributed by atoms with Crippen LogP contribution in [0.15, 0.2) is 18.2 Å². The molecular weight excluding hydrogens is 247 g/mol. The third kappa shape index (κ3) is 3.11. The molecule has 1 saturated heterocycles. The normalized spacial score (nSPS) is 18.9. The molecule has 1 amide bonds. The number of hydrogen-bond donors (Lipinski definition) is 1. The molecule has 1 aliphatic rings. The van der Waals surface area contributed by atoms with Crippen LogP contribution in [0, 0.1) is 11.7 Å². The first kappa shape index (κ1) is 14.0. The fourth-order valence-corrected chi connectivity index (χ4v) is 2.37. The third-order valence-electron chi connectivity index (χ3n) is 3.50. The third-order valence-corrected chi connectivity index (χ3v) is 3.50. The number of ether oxygens (including phenoxy) is 1. The van der Waals surface area contributed by atoms with Gasteiger partial charge in [-0.3, -0.25) is 4.79 Å². The van der Waals surface area contributed by atoms with E-state index in [2.05, 4.69) is 0 Å². The molecule has 0 bridgehead atoms. The Morgan fingerprint density at radius 3 is 3.00 bits per heavy atom. The van der Waals surface area contributed by atoms with Gasteiger partial charge < -0.3 is 15.4 Å². The van der Waals surface area contributed by atoms with E-state index in [4.69, 9.17) is 10.5 Å². The molecule has 0 spiro atoms. The van der Waals surface area contributed by atoms with Crippen molar-refractivity contribution in [3.63, 3.8) is 0 Å². The monoisotopic (exact) mass is 266 g/mol. The zero-order valence-corrected chi connectivity index (χ0v) is 11.1. The summed E-state index contributed by atoms with van der Waals surface area (Å²) in [4.78, 5) is 14.1.